The van der Waals surface area contributed by atoms with Gasteiger partial charge in [-0.05, 0) is 51.0 Å². The molecule has 0 saturated carbocycles. The van der Waals surface area contributed by atoms with Gasteiger partial charge in [0.2, 0.25) is 17.7 Å². The zero-order valence-electron chi connectivity index (χ0n) is 26.4. The number of hydrogen-bond acceptors (Lipinski definition) is 5. The number of benzene rings is 1. The summed E-state index contributed by atoms with van der Waals surface area (Å²) >= 11 is 0. The Labute approximate surface area is 251 Å². The zero-order chi connectivity index (χ0) is 31.3. The number of likely N-dealkylation sites (N-methyl/N-ethyl adjacent to an activating group) is 1. The summed E-state index contributed by atoms with van der Waals surface area (Å²) in [6.45, 7) is 20.4. The summed E-state index contributed by atoms with van der Waals surface area (Å²) in [6.07, 6.45) is 5.10. The highest BCUT2D eigenvalue weighted by atomic mass is 16.5. The molecule has 1 N–H and O–H groups in total. The van der Waals surface area contributed by atoms with Crippen molar-refractivity contribution in [2.75, 3.05) is 26.7 Å². The van der Waals surface area contributed by atoms with Gasteiger partial charge >= 0.3 is 0 Å². The molecule has 0 aliphatic carbocycles. The molecule has 230 valence electrons. The van der Waals surface area contributed by atoms with Crippen LogP contribution >= 0.6 is 0 Å². The maximum atomic E-state index is 15.0. The Bertz CT molecular complexity index is 1220. The number of hydrogen-bond donors (Lipinski definition) is 1. The SMILES string of the molecule is C=CCN(C)C(=O)[C@@H]1[C@H]2C(=O)N([C@H](CO)c3ccccc3)C(C(=O)N(CC=C)C(C)(C)CC(C)(C)C)C23CC[C@@]1(C)O3. The van der Waals surface area contributed by atoms with E-state index in [4.69, 9.17) is 4.74 Å². The van der Waals surface area contributed by atoms with E-state index in [1.165, 1.54) is 0 Å². The topological polar surface area (TPSA) is 90.4 Å². The van der Waals surface area contributed by atoms with Crippen LogP contribution in [0.3, 0.4) is 0 Å². The summed E-state index contributed by atoms with van der Waals surface area (Å²) in [5, 5.41) is 10.8. The van der Waals surface area contributed by atoms with Gasteiger partial charge in [-0.2, -0.15) is 0 Å². The molecule has 8 heteroatoms. The van der Waals surface area contributed by atoms with Gasteiger partial charge in [0.15, 0.2) is 0 Å². The Kier molecular flexibility index (Phi) is 8.57. The summed E-state index contributed by atoms with van der Waals surface area (Å²) in [7, 11) is 1.70. The Morgan fingerprint density at radius 2 is 1.71 bits per heavy atom. The molecule has 3 amide bonds. The molecular formula is C34H49N3O5. The summed E-state index contributed by atoms with van der Waals surface area (Å²) in [6, 6.07) is 7.49. The molecule has 42 heavy (non-hydrogen) atoms. The lowest BCUT2D eigenvalue weighted by Gasteiger charge is -2.46. The molecule has 2 unspecified atom stereocenters. The monoisotopic (exact) mass is 579 g/mol. The number of fused-ring (bicyclic) bond motifs is 1. The van der Waals surface area contributed by atoms with Crippen molar-refractivity contribution in [1.29, 1.82) is 0 Å². The van der Waals surface area contributed by atoms with Crippen LogP contribution in [0.5, 0.6) is 0 Å². The van der Waals surface area contributed by atoms with Crippen LogP contribution in [0.15, 0.2) is 55.6 Å². The molecule has 0 aromatic heterocycles. The van der Waals surface area contributed by atoms with Gasteiger partial charge in [0.25, 0.3) is 0 Å². The molecule has 1 aromatic carbocycles. The number of nitrogens with zero attached hydrogens (tertiary/aromatic N) is 3. The van der Waals surface area contributed by atoms with Crippen LogP contribution in [0.1, 0.15) is 72.4 Å². The predicted octanol–water partition coefficient (Wildman–Crippen LogP) is 4.36. The van der Waals surface area contributed by atoms with Gasteiger partial charge < -0.3 is 24.5 Å². The van der Waals surface area contributed by atoms with Crippen molar-refractivity contribution in [2.45, 2.75) is 89.6 Å². The number of amides is 3. The third-order valence-electron chi connectivity index (χ3n) is 9.46. The van der Waals surface area contributed by atoms with Crippen LogP contribution in [0.25, 0.3) is 0 Å². The fourth-order valence-corrected chi connectivity index (χ4v) is 8.21. The first-order valence-corrected chi connectivity index (χ1v) is 15.0. The second-order valence-electron chi connectivity index (χ2n) is 14.4. The highest BCUT2D eigenvalue weighted by Gasteiger charge is 2.79. The molecule has 4 rings (SSSR count). The first kappa shape index (κ1) is 32.0. The minimum atomic E-state index is -1.20. The van der Waals surface area contributed by atoms with Gasteiger partial charge in [-0.3, -0.25) is 14.4 Å². The van der Waals surface area contributed by atoms with Gasteiger partial charge in [-0.15, -0.1) is 13.2 Å². The van der Waals surface area contributed by atoms with Crippen molar-refractivity contribution in [3.05, 3.63) is 61.2 Å². The van der Waals surface area contributed by atoms with E-state index in [9.17, 15) is 14.7 Å². The van der Waals surface area contributed by atoms with Crippen LogP contribution in [0.4, 0.5) is 0 Å². The maximum absolute atomic E-state index is 15.0. The van der Waals surface area contributed by atoms with E-state index in [1.807, 2.05) is 56.0 Å². The Morgan fingerprint density at radius 3 is 2.26 bits per heavy atom. The molecular weight excluding hydrogens is 530 g/mol. The summed E-state index contributed by atoms with van der Waals surface area (Å²) in [5.41, 5.74) is -2.01. The van der Waals surface area contributed by atoms with Crippen molar-refractivity contribution >= 4 is 17.7 Å². The fourth-order valence-electron chi connectivity index (χ4n) is 8.21. The number of aliphatic hydroxyl groups excluding tert-OH is 1. The molecule has 3 aliphatic rings. The maximum Gasteiger partial charge on any atom is 0.249 e. The van der Waals surface area contributed by atoms with Crippen molar-refractivity contribution in [3.63, 3.8) is 0 Å². The quantitative estimate of drug-likeness (QED) is 0.394. The highest BCUT2D eigenvalue weighted by Crippen LogP contribution is 2.64. The van der Waals surface area contributed by atoms with Crippen LogP contribution < -0.4 is 0 Å². The Hall–Kier alpha value is -2.97. The summed E-state index contributed by atoms with van der Waals surface area (Å²) in [5.74, 6) is -2.36. The van der Waals surface area contributed by atoms with Crippen molar-refractivity contribution in [2.24, 2.45) is 17.3 Å². The number of carbonyl (C=O) groups excluding carboxylic acids is 3. The molecule has 3 saturated heterocycles. The lowest BCUT2D eigenvalue weighted by molar-refractivity contribution is -0.159. The van der Waals surface area contributed by atoms with Gasteiger partial charge in [-0.25, -0.2) is 0 Å². The van der Waals surface area contributed by atoms with Crippen molar-refractivity contribution in [1.82, 2.24) is 14.7 Å². The average molecular weight is 580 g/mol. The van der Waals surface area contributed by atoms with Gasteiger partial charge in [0.05, 0.1) is 30.1 Å². The van der Waals surface area contributed by atoms with Gasteiger partial charge in [0.1, 0.15) is 11.6 Å². The van der Waals surface area contributed by atoms with E-state index in [0.717, 1.165) is 5.56 Å². The standard InChI is InChI=1S/C34H49N3O5/c1-10-19-35(9)28(39)25-26-29(40)37(24(21-38)23-15-13-12-14-16-23)27(34(26)18-17-33(25,8)42-34)30(41)36(20-11-2)32(6,7)22-31(3,4)5/h10-16,24-27,38H,1-2,17-22H2,3-9H3/t24-,25+,26+,27?,33-,34?/m1/s1. The van der Waals surface area contributed by atoms with Gasteiger partial charge in [0, 0.05) is 25.7 Å². The third kappa shape index (κ3) is 5.21. The summed E-state index contributed by atoms with van der Waals surface area (Å²) < 4.78 is 6.85. The smallest absolute Gasteiger partial charge is 0.249 e. The van der Waals surface area contributed by atoms with Crippen molar-refractivity contribution in [3.8, 4) is 0 Å². The average Bonchev–Trinajstić information content (AvgIpc) is 3.47. The molecule has 3 heterocycles. The number of likely N-dealkylation sites (tertiary alicyclic amines) is 1. The number of aliphatic hydroxyl groups is 1. The fraction of sp³-hybridized carbons (Fsp3) is 0.618. The van der Waals surface area contributed by atoms with E-state index >= 15 is 4.79 Å². The molecule has 2 bridgehead atoms. The number of carbonyl (C=O) groups is 3. The van der Waals surface area contributed by atoms with Crippen LogP contribution in [-0.2, 0) is 19.1 Å². The molecule has 1 spiro atoms. The van der Waals surface area contributed by atoms with E-state index in [1.54, 1.807) is 29.0 Å². The normalized spacial score (nSPS) is 29.3. The van der Waals surface area contributed by atoms with E-state index < -0.39 is 40.7 Å². The molecule has 6 atom stereocenters. The van der Waals surface area contributed by atoms with Gasteiger partial charge in [-0.1, -0.05) is 63.3 Å². The predicted molar refractivity (Wildman–Crippen MR) is 163 cm³/mol. The number of ether oxygens (including phenoxy) is 1. The summed E-state index contributed by atoms with van der Waals surface area (Å²) in [4.78, 5) is 48.6. The first-order valence-electron chi connectivity index (χ1n) is 15.0. The van der Waals surface area contributed by atoms with Crippen LogP contribution in [0, 0.1) is 17.3 Å². The number of rotatable bonds is 11. The van der Waals surface area contributed by atoms with Crippen LogP contribution in [0.2, 0.25) is 0 Å². The molecule has 0 radical (unpaired) electrons. The lowest BCUT2D eigenvalue weighted by atomic mass is 9.66. The zero-order valence-corrected chi connectivity index (χ0v) is 26.4. The largest absolute Gasteiger partial charge is 0.394 e. The third-order valence-corrected chi connectivity index (χ3v) is 9.46. The van der Waals surface area contributed by atoms with E-state index in [-0.39, 0.29) is 36.3 Å². The highest BCUT2D eigenvalue weighted by molar-refractivity contribution is 5.99. The van der Waals surface area contributed by atoms with E-state index in [2.05, 4.69) is 33.9 Å². The Morgan fingerprint density at radius 1 is 1.10 bits per heavy atom. The first-order chi connectivity index (χ1) is 19.6. The molecule has 8 nitrogen and oxygen atoms in total. The lowest BCUT2D eigenvalue weighted by Crippen LogP contribution is -2.61. The van der Waals surface area contributed by atoms with Crippen molar-refractivity contribution < 1.29 is 24.2 Å². The van der Waals surface area contributed by atoms with E-state index in [0.29, 0.717) is 25.8 Å². The van der Waals surface area contributed by atoms with Crippen LogP contribution in [-0.4, -0.2) is 87.1 Å². The molecule has 3 fully saturated rings. The molecule has 1 aromatic rings. The minimum absolute atomic E-state index is 0.0735. The minimum Gasteiger partial charge on any atom is -0.394 e. The Balaban J connectivity index is 1.90. The second-order valence-corrected chi connectivity index (χ2v) is 14.4. The molecule has 3 aliphatic heterocycles. The second kappa shape index (κ2) is 11.3.